The number of aryl methyl sites for hydroxylation is 3. The highest BCUT2D eigenvalue weighted by molar-refractivity contribution is 7.92. The number of sulfonamides is 1. The lowest BCUT2D eigenvalue weighted by Crippen LogP contribution is -2.17. The van der Waals surface area contributed by atoms with E-state index in [4.69, 9.17) is 5.73 Å². The molecular weight excluding hydrogens is 292 g/mol. The largest absolute Gasteiger partial charge is 0.334 e. The van der Waals surface area contributed by atoms with Crippen LogP contribution in [0.1, 0.15) is 24.7 Å². The van der Waals surface area contributed by atoms with Crippen LogP contribution in [-0.2, 0) is 30.2 Å². The third kappa shape index (κ3) is 3.08. The number of rotatable bonds is 6. The van der Waals surface area contributed by atoms with Crippen LogP contribution in [0.2, 0.25) is 0 Å². The highest BCUT2D eigenvalue weighted by Gasteiger charge is 2.22. The molecule has 0 unspecified atom stereocenters. The summed E-state index contributed by atoms with van der Waals surface area (Å²) in [5, 5.41) is 4.00. The van der Waals surface area contributed by atoms with Gasteiger partial charge in [0.15, 0.2) is 5.03 Å². The maximum Gasteiger partial charge on any atom is 0.282 e. The third-order valence-corrected chi connectivity index (χ3v) is 4.37. The zero-order valence-electron chi connectivity index (χ0n) is 12.4. The molecule has 0 bridgehead atoms. The van der Waals surface area contributed by atoms with Gasteiger partial charge < -0.3 is 10.3 Å². The monoisotopic (exact) mass is 312 g/mol. The molecule has 8 nitrogen and oxygen atoms in total. The topological polar surface area (TPSA) is 108 Å². The highest BCUT2D eigenvalue weighted by atomic mass is 32.2. The van der Waals surface area contributed by atoms with Crippen molar-refractivity contribution in [3.63, 3.8) is 0 Å². The van der Waals surface area contributed by atoms with Crippen molar-refractivity contribution in [2.24, 2.45) is 12.8 Å². The van der Waals surface area contributed by atoms with Crippen molar-refractivity contribution in [2.45, 2.75) is 38.4 Å². The van der Waals surface area contributed by atoms with E-state index in [1.165, 1.54) is 4.68 Å². The minimum absolute atomic E-state index is 0.00220. The van der Waals surface area contributed by atoms with Crippen LogP contribution in [0.4, 0.5) is 5.82 Å². The van der Waals surface area contributed by atoms with E-state index in [1.807, 2.05) is 11.5 Å². The Labute approximate surface area is 124 Å². The van der Waals surface area contributed by atoms with Gasteiger partial charge in [0.25, 0.3) is 10.0 Å². The van der Waals surface area contributed by atoms with Gasteiger partial charge in [-0.05, 0) is 13.3 Å². The molecule has 0 aromatic carbocycles. The summed E-state index contributed by atoms with van der Waals surface area (Å²) in [6.07, 6.45) is 3.99. The van der Waals surface area contributed by atoms with Crippen molar-refractivity contribution >= 4 is 15.8 Å². The van der Waals surface area contributed by atoms with Gasteiger partial charge in [-0.25, -0.2) is 4.98 Å². The standard InChI is InChI=1S/C12H20N6O2S/c1-4-5-18-8-11(15-9(18)2)21(19,20)16-12-10(6-13)7-14-17(12)3/h7-8,16H,4-6,13H2,1-3H3. The molecule has 0 aliphatic carbocycles. The molecule has 0 atom stereocenters. The summed E-state index contributed by atoms with van der Waals surface area (Å²) >= 11 is 0. The molecular formula is C12H20N6O2S. The van der Waals surface area contributed by atoms with E-state index in [0.29, 0.717) is 17.2 Å². The Bertz CT molecular complexity index is 731. The van der Waals surface area contributed by atoms with Gasteiger partial charge >= 0.3 is 0 Å². The number of hydrogen-bond acceptors (Lipinski definition) is 5. The van der Waals surface area contributed by atoms with Gasteiger partial charge in [0, 0.05) is 31.9 Å². The number of nitrogens with one attached hydrogen (secondary N) is 1. The van der Waals surface area contributed by atoms with Gasteiger partial charge in [0.1, 0.15) is 11.6 Å². The number of imidazole rings is 1. The van der Waals surface area contributed by atoms with E-state index in [9.17, 15) is 8.42 Å². The first-order valence-electron chi connectivity index (χ1n) is 6.66. The minimum atomic E-state index is -3.76. The second kappa shape index (κ2) is 5.86. The van der Waals surface area contributed by atoms with Gasteiger partial charge in [-0.1, -0.05) is 6.92 Å². The Kier molecular flexibility index (Phi) is 4.33. The minimum Gasteiger partial charge on any atom is -0.334 e. The van der Waals surface area contributed by atoms with Gasteiger partial charge in [-0.3, -0.25) is 9.40 Å². The highest BCUT2D eigenvalue weighted by Crippen LogP contribution is 2.19. The number of nitrogens with two attached hydrogens (primary N) is 1. The fourth-order valence-electron chi connectivity index (χ4n) is 2.02. The van der Waals surface area contributed by atoms with E-state index >= 15 is 0 Å². The molecule has 2 aromatic heterocycles. The summed E-state index contributed by atoms with van der Waals surface area (Å²) in [7, 11) is -2.11. The zero-order valence-corrected chi connectivity index (χ0v) is 13.2. The maximum atomic E-state index is 12.4. The van der Waals surface area contributed by atoms with Gasteiger partial charge in [-0.15, -0.1) is 0 Å². The Morgan fingerprint density at radius 1 is 1.43 bits per heavy atom. The Morgan fingerprint density at radius 2 is 2.14 bits per heavy atom. The Hall–Kier alpha value is -1.87. The smallest absolute Gasteiger partial charge is 0.282 e. The van der Waals surface area contributed by atoms with Crippen molar-refractivity contribution in [3.8, 4) is 0 Å². The van der Waals surface area contributed by atoms with Crippen LogP contribution in [0.25, 0.3) is 0 Å². The molecule has 0 radical (unpaired) electrons. The summed E-state index contributed by atoms with van der Waals surface area (Å²) < 4.78 is 30.6. The fraction of sp³-hybridized carbons (Fsp3) is 0.500. The van der Waals surface area contributed by atoms with Crippen molar-refractivity contribution in [2.75, 3.05) is 4.72 Å². The second-order valence-corrected chi connectivity index (χ2v) is 6.40. The van der Waals surface area contributed by atoms with E-state index in [0.717, 1.165) is 13.0 Å². The lowest BCUT2D eigenvalue weighted by Gasteiger charge is -2.07. The number of nitrogens with zero attached hydrogens (tertiary/aromatic N) is 4. The first kappa shape index (κ1) is 15.5. The molecule has 3 N–H and O–H groups in total. The predicted molar refractivity (Wildman–Crippen MR) is 79.2 cm³/mol. The molecule has 2 aromatic rings. The average molecular weight is 312 g/mol. The summed E-state index contributed by atoms with van der Waals surface area (Å²) in [6, 6.07) is 0. The van der Waals surface area contributed by atoms with Crippen LogP contribution >= 0.6 is 0 Å². The molecule has 0 fully saturated rings. The van der Waals surface area contributed by atoms with E-state index in [2.05, 4.69) is 14.8 Å². The van der Waals surface area contributed by atoms with Gasteiger partial charge in [0.2, 0.25) is 0 Å². The molecule has 0 saturated heterocycles. The van der Waals surface area contributed by atoms with E-state index < -0.39 is 10.0 Å². The maximum absolute atomic E-state index is 12.4. The Morgan fingerprint density at radius 3 is 2.76 bits per heavy atom. The van der Waals surface area contributed by atoms with Crippen LogP contribution < -0.4 is 10.5 Å². The van der Waals surface area contributed by atoms with Crippen molar-refractivity contribution in [1.82, 2.24) is 19.3 Å². The van der Waals surface area contributed by atoms with Gasteiger partial charge in [-0.2, -0.15) is 13.5 Å². The first-order chi connectivity index (χ1) is 9.89. The summed E-state index contributed by atoms with van der Waals surface area (Å²) in [5.41, 5.74) is 6.21. The summed E-state index contributed by atoms with van der Waals surface area (Å²) in [6.45, 7) is 4.74. The molecule has 21 heavy (non-hydrogen) atoms. The molecule has 0 aliphatic rings. The van der Waals surface area contributed by atoms with E-state index in [1.54, 1.807) is 26.4 Å². The fourth-order valence-corrected chi connectivity index (χ4v) is 3.16. The lowest BCUT2D eigenvalue weighted by molar-refractivity contribution is 0.596. The normalized spacial score (nSPS) is 11.8. The first-order valence-corrected chi connectivity index (χ1v) is 8.15. The van der Waals surface area contributed by atoms with Crippen molar-refractivity contribution in [3.05, 3.63) is 23.8 Å². The second-order valence-electron chi connectivity index (χ2n) is 4.77. The van der Waals surface area contributed by atoms with Crippen molar-refractivity contribution < 1.29 is 8.42 Å². The number of anilines is 1. The summed E-state index contributed by atoms with van der Waals surface area (Å²) in [5.74, 6) is 1.03. The van der Waals surface area contributed by atoms with Gasteiger partial charge in [0.05, 0.1) is 6.20 Å². The molecule has 2 heterocycles. The molecule has 0 saturated carbocycles. The predicted octanol–water partition coefficient (Wildman–Crippen LogP) is 0.595. The van der Waals surface area contributed by atoms with Crippen molar-refractivity contribution in [1.29, 1.82) is 0 Å². The number of aromatic nitrogens is 4. The summed E-state index contributed by atoms with van der Waals surface area (Å²) in [4.78, 5) is 4.12. The Balaban J connectivity index is 2.34. The van der Waals surface area contributed by atoms with Crippen LogP contribution in [0, 0.1) is 6.92 Å². The molecule has 9 heteroatoms. The van der Waals surface area contributed by atoms with Crippen LogP contribution in [0.3, 0.4) is 0 Å². The average Bonchev–Trinajstić information content (AvgIpc) is 2.96. The molecule has 0 amide bonds. The van der Waals surface area contributed by atoms with Crippen LogP contribution in [0.5, 0.6) is 0 Å². The lowest BCUT2D eigenvalue weighted by atomic mass is 10.3. The molecule has 2 rings (SSSR count). The SMILES string of the molecule is CCCn1cc(S(=O)(=O)Nc2c(CN)cnn2C)nc1C. The van der Waals surface area contributed by atoms with Crippen LogP contribution in [0.15, 0.2) is 17.4 Å². The third-order valence-electron chi connectivity index (χ3n) is 3.16. The molecule has 0 aliphatic heterocycles. The quantitative estimate of drug-likeness (QED) is 0.812. The zero-order chi connectivity index (χ0) is 15.6. The van der Waals surface area contributed by atoms with Crippen LogP contribution in [-0.4, -0.2) is 27.7 Å². The molecule has 0 spiro atoms. The molecule has 116 valence electrons. The van der Waals surface area contributed by atoms with E-state index in [-0.39, 0.29) is 11.6 Å². The number of hydrogen-bond donors (Lipinski definition) is 2.